The number of nitrogens with one attached hydrogen (secondary N) is 2. The summed E-state index contributed by atoms with van der Waals surface area (Å²) in [6.07, 6.45) is 7.72. The zero-order chi connectivity index (χ0) is 21.0. The van der Waals surface area contributed by atoms with Crippen molar-refractivity contribution in [1.82, 2.24) is 34.3 Å². The average molecular weight is 401 g/mol. The Kier molecular flexibility index (Phi) is 3.99. The number of pyridine rings is 1. The average Bonchev–Trinajstić information content (AvgIpc) is 3.37. The normalized spacial score (nSPS) is 11.8. The molecule has 5 rings (SSSR count). The summed E-state index contributed by atoms with van der Waals surface area (Å²) in [6.45, 7) is 6.18. The number of hydrogen-bond donors (Lipinski definition) is 3. The lowest BCUT2D eigenvalue weighted by molar-refractivity contribution is 0.618. The molecule has 9 heteroatoms. The van der Waals surface area contributed by atoms with E-state index in [2.05, 4.69) is 50.0 Å². The lowest BCUT2D eigenvalue weighted by Crippen LogP contribution is -2.05. The molecule has 30 heavy (non-hydrogen) atoms. The van der Waals surface area contributed by atoms with Crippen LogP contribution in [0, 0.1) is 6.92 Å². The lowest BCUT2D eigenvalue weighted by atomic mass is 10.1. The van der Waals surface area contributed by atoms with Gasteiger partial charge in [0.1, 0.15) is 17.1 Å². The quantitative estimate of drug-likeness (QED) is 0.420. The van der Waals surface area contributed by atoms with E-state index >= 15 is 0 Å². The van der Waals surface area contributed by atoms with Crippen LogP contribution in [0.5, 0.6) is 0 Å². The summed E-state index contributed by atoms with van der Waals surface area (Å²) in [5.74, 6) is 0.875. The van der Waals surface area contributed by atoms with Gasteiger partial charge in [-0.15, -0.1) is 0 Å². The number of nitrogens with two attached hydrogens (primary N) is 1. The Morgan fingerprint density at radius 2 is 2.00 bits per heavy atom. The molecule has 0 unspecified atom stereocenters. The highest BCUT2D eigenvalue weighted by Gasteiger charge is 2.20. The molecule has 0 aliphatic heterocycles. The van der Waals surface area contributed by atoms with E-state index in [9.17, 15) is 0 Å². The van der Waals surface area contributed by atoms with Crippen molar-refractivity contribution in [3.05, 3.63) is 42.6 Å². The van der Waals surface area contributed by atoms with Crippen molar-refractivity contribution in [3.63, 3.8) is 0 Å². The largest absolute Gasteiger partial charge is 0.383 e. The molecule has 152 valence electrons. The Balaban J connectivity index is 1.71. The molecule has 0 atom stereocenters. The van der Waals surface area contributed by atoms with E-state index in [1.807, 2.05) is 38.5 Å². The molecule has 0 aliphatic carbocycles. The van der Waals surface area contributed by atoms with E-state index in [0.717, 1.165) is 44.6 Å². The second-order valence-electron chi connectivity index (χ2n) is 7.70. The third kappa shape index (κ3) is 2.78. The Morgan fingerprint density at radius 1 is 1.17 bits per heavy atom. The minimum absolute atomic E-state index is 0.201. The first kappa shape index (κ1) is 18.2. The van der Waals surface area contributed by atoms with Crippen LogP contribution in [0.3, 0.4) is 0 Å². The van der Waals surface area contributed by atoms with Crippen molar-refractivity contribution < 1.29 is 0 Å². The third-order valence-electron chi connectivity index (χ3n) is 5.26. The van der Waals surface area contributed by atoms with Crippen LogP contribution < -0.4 is 11.1 Å². The van der Waals surface area contributed by atoms with Crippen LogP contribution >= 0.6 is 0 Å². The minimum atomic E-state index is 0.201. The second-order valence-corrected chi connectivity index (χ2v) is 7.70. The first-order valence-corrected chi connectivity index (χ1v) is 9.80. The molecule has 0 aromatic carbocycles. The van der Waals surface area contributed by atoms with E-state index in [-0.39, 0.29) is 6.04 Å². The summed E-state index contributed by atoms with van der Waals surface area (Å²) in [5, 5.41) is 9.48. The third-order valence-corrected chi connectivity index (χ3v) is 5.26. The molecule has 5 heterocycles. The SMILES string of the molecule is Cc1nn(C)cc1Nc1nc(N)c2c(-c3c[nH]c4ncccc34)cn(C(C)C)c2n1. The second kappa shape index (κ2) is 6.58. The fraction of sp³-hybridized carbons (Fsp3) is 0.238. The van der Waals surface area contributed by atoms with Gasteiger partial charge >= 0.3 is 0 Å². The van der Waals surface area contributed by atoms with Gasteiger partial charge in [-0.2, -0.15) is 15.1 Å². The van der Waals surface area contributed by atoms with E-state index < -0.39 is 0 Å². The van der Waals surface area contributed by atoms with Gasteiger partial charge in [0.15, 0.2) is 0 Å². The van der Waals surface area contributed by atoms with Gasteiger partial charge in [0.2, 0.25) is 5.95 Å². The highest BCUT2D eigenvalue weighted by molar-refractivity contribution is 6.07. The molecule has 0 amide bonds. The summed E-state index contributed by atoms with van der Waals surface area (Å²) in [5.41, 5.74) is 11.8. The molecule has 5 aromatic rings. The molecule has 0 radical (unpaired) electrons. The molecular formula is C21H23N9. The molecule has 0 fully saturated rings. The number of H-pyrrole nitrogens is 1. The molecule has 0 spiro atoms. The molecule has 4 N–H and O–H groups in total. The van der Waals surface area contributed by atoms with E-state index in [1.54, 1.807) is 10.9 Å². The van der Waals surface area contributed by atoms with Crippen LogP contribution in [0.4, 0.5) is 17.5 Å². The molecular weight excluding hydrogens is 378 g/mol. The van der Waals surface area contributed by atoms with Crippen LogP contribution in [0.1, 0.15) is 25.6 Å². The Morgan fingerprint density at radius 3 is 2.73 bits per heavy atom. The maximum absolute atomic E-state index is 6.47. The van der Waals surface area contributed by atoms with Crippen molar-refractivity contribution in [1.29, 1.82) is 0 Å². The number of fused-ring (bicyclic) bond motifs is 2. The highest BCUT2D eigenvalue weighted by atomic mass is 15.3. The lowest BCUT2D eigenvalue weighted by Gasteiger charge is -2.10. The molecule has 9 nitrogen and oxygen atoms in total. The zero-order valence-electron chi connectivity index (χ0n) is 17.3. The summed E-state index contributed by atoms with van der Waals surface area (Å²) in [7, 11) is 1.88. The fourth-order valence-electron chi connectivity index (χ4n) is 3.85. The van der Waals surface area contributed by atoms with Gasteiger partial charge < -0.3 is 20.6 Å². The zero-order valence-corrected chi connectivity index (χ0v) is 17.3. The fourth-order valence-corrected chi connectivity index (χ4v) is 3.85. The first-order valence-electron chi connectivity index (χ1n) is 9.80. The topological polar surface area (TPSA) is 115 Å². The van der Waals surface area contributed by atoms with Crippen LogP contribution in [-0.4, -0.2) is 34.3 Å². The monoisotopic (exact) mass is 401 g/mol. The number of nitrogens with zero attached hydrogens (tertiary/aromatic N) is 6. The van der Waals surface area contributed by atoms with Gasteiger partial charge in [0, 0.05) is 54.4 Å². The number of anilines is 3. The Hall–Kier alpha value is -3.88. The van der Waals surface area contributed by atoms with Gasteiger partial charge in [0.25, 0.3) is 0 Å². The predicted molar refractivity (Wildman–Crippen MR) is 119 cm³/mol. The first-order chi connectivity index (χ1) is 14.4. The minimum Gasteiger partial charge on any atom is -0.383 e. The molecule has 5 aromatic heterocycles. The van der Waals surface area contributed by atoms with Crippen molar-refractivity contribution in [3.8, 4) is 11.1 Å². The van der Waals surface area contributed by atoms with Crippen molar-refractivity contribution in [2.75, 3.05) is 11.1 Å². The van der Waals surface area contributed by atoms with Crippen molar-refractivity contribution in [2.45, 2.75) is 26.8 Å². The Bertz CT molecular complexity index is 1390. The van der Waals surface area contributed by atoms with Crippen molar-refractivity contribution in [2.24, 2.45) is 7.05 Å². The molecule has 0 bridgehead atoms. The van der Waals surface area contributed by atoms with Crippen LogP contribution in [-0.2, 0) is 7.05 Å². The maximum atomic E-state index is 6.47. The van der Waals surface area contributed by atoms with Crippen LogP contribution in [0.2, 0.25) is 0 Å². The number of aromatic nitrogens is 7. The van der Waals surface area contributed by atoms with E-state index in [4.69, 9.17) is 10.7 Å². The smallest absolute Gasteiger partial charge is 0.231 e. The molecule has 0 saturated carbocycles. The number of rotatable bonds is 4. The van der Waals surface area contributed by atoms with Crippen LogP contribution in [0.25, 0.3) is 33.2 Å². The van der Waals surface area contributed by atoms with E-state index in [0.29, 0.717) is 11.8 Å². The maximum Gasteiger partial charge on any atom is 0.231 e. The highest BCUT2D eigenvalue weighted by Crippen LogP contribution is 2.38. The van der Waals surface area contributed by atoms with Gasteiger partial charge in [0.05, 0.1) is 16.8 Å². The van der Waals surface area contributed by atoms with Gasteiger partial charge in [-0.1, -0.05) is 0 Å². The van der Waals surface area contributed by atoms with Crippen molar-refractivity contribution >= 4 is 39.5 Å². The van der Waals surface area contributed by atoms with Gasteiger partial charge in [-0.05, 0) is 32.9 Å². The van der Waals surface area contributed by atoms with Gasteiger partial charge in [-0.3, -0.25) is 4.68 Å². The summed E-state index contributed by atoms with van der Waals surface area (Å²) in [6, 6.07) is 4.18. The Labute approximate surface area is 173 Å². The van der Waals surface area contributed by atoms with Gasteiger partial charge in [-0.25, -0.2) is 4.98 Å². The molecule has 0 saturated heterocycles. The summed E-state index contributed by atoms with van der Waals surface area (Å²) < 4.78 is 3.87. The summed E-state index contributed by atoms with van der Waals surface area (Å²) in [4.78, 5) is 17.0. The standard InChI is InChI=1S/C21H23N9/c1-11(2)30-9-15(14-8-24-19-13(14)6-5-7-23-19)17-18(22)26-21(27-20(17)30)25-16-10-29(4)28-12(16)3/h5-11H,1-4H3,(H,23,24)(H3,22,25,26,27). The number of aryl methyl sites for hydroxylation is 2. The predicted octanol–water partition coefficient (Wildman–Crippen LogP) is 3.92. The van der Waals surface area contributed by atoms with Crippen LogP contribution in [0.15, 0.2) is 36.9 Å². The summed E-state index contributed by atoms with van der Waals surface area (Å²) >= 11 is 0. The molecule has 0 aliphatic rings. The number of hydrogen-bond acceptors (Lipinski definition) is 6. The number of aromatic amines is 1. The number of nitrogen functional groups attached to an aromatic ring is 1. The van der Waals surface area contributed by atoms with E-state index in [1.165, 1.54) is 0 Å².